The first-order valence-corrected chi connectivity index (χ1v) is 11.4. The van der Waals surface area contributed by atoms with Crippen LogP contribution in [0.3, 0.4) is 0 Å². The Balaban J connectivity index is 1.45. The number of benzene rings is 3. The number of nitrogens with zero attached hydrogens (tertiary/aromatic N) is 1. The number of oxazole rings is 1. The Morgan fingerprint density at radius 3 is 2.06 bits per heavy atom. The van der Waals surface area contributed by atoms with Gasteiger partial charge in [-0.05, 0) is 11.1 Å². The van der Waals surface area contributed by atoms with Crippen LogP contribution >= 0.6 is 11.8 Å². The Kier molecular flexibility index (Phi) is 7.39. The molecule has 4 aromatic rings. The third kappa shape index (κ3) is 5.47. The van der Waals surface area contributed by atoms with E-state index in [1.807, 2.05) is 60.7 Å². The van der Waals surface area contributed by atoms with Gasteiger partial charge in [-0.3, -0.25) is 0 Å². The summed E-state index contributed by atoms with van der Waals surface area (Å²) in [5, 5.41) is 30.5. The van der Waals surface area contributed by atoms with Crippen LogP contribution in [0.1, 0.15) is 23.7 Å². The van der Waals surface area contributed by atoms with Gasteiger partial charge in [0.05, 0.1) is 18.8 Å². The number of rotatable bonds is 9. The molecule has 0 saturated heterocycles. The number of hydrogen-bond acceptors (Lipinski definition) is 6. The molecule has 0 amide bonds. The first-order chi connectivity index (χ1) is 15.6. The Labute approximate surface area is 191 Å². The lowest BCUT2D eigenvalue weighted by atomic mass is 10.0. The van der Waals surface area contributed by atoms with Crippen molar-refractivity contribution in [2.75, 3.05) is 5.75 Å². The molecule has 5 nitrogen and oxygen atoms in total. The molecule has 4 rings (SSSR count). The van der Waals surface area contributed by atoms with E-state index in [1.165, 1.54) is 11.8 Å². The highest BCUT2D eigenvalue weighted by molar-refractivity contribution is 7.99. The van der Waals surface area contributed by atoms with Crippen molar-refractivity contribution >= 4 is 11.8 Å². The van der Waals surface area contributed by atoms with Gasteiger partial charge >= 0.3 is 0 Å². The minimum atomic E-state index is -0.789. The van der Waals surface area contributed by atoms with E-state index in [2.05, 4.69) is 4.98 Å². The lowest BCUT2D eigenvalue weighted by Crippen LogP contribution is -2.15. The van der Waals surface area contributed by atoms with Crippen LogP contribution in [0.15, 0.2) is 94.6 Å². The van der Waals surface area contributed by atoms with Gasteiger partial charge in [0.15, 0.2) is 5.76 Å². The molecule has 0 aliphatic heterocycles. The molecular weight excluding hydrogens is 422 g/mol. The van der Waals surface area contributed by atoms with Gasteiger partial charge in [0.25, 0.3) is 5.22 Å². The summed E-state index contributed by atoms with van der Waals surface area (Å²) >= 11 is 1.32. The molecule has 0 aliphatic carbocycles. The van der Waals surface area contributed by atoms with Crippen molar-refractivity contribution in [3.8, 4) is 22.6 Å². The topological polar surface area (TPSA) is 86.7 Å². The highest BCUT2D eigenvalue weighted by Crippen LogP contribution is 2.36. The van der Waals surface area contributed by atoms with Gasteiger partial charge in [0, 0.05) is 23.3 Å². The largest absolute Gasteiger partial charge is 0.431 e. The van der Waals surface area contributed by atoms with Crippen molar-refractivity contribution in [1.29, 1.82) is 0 Å². The molecule has 6 heteroatoms. The van der Waals surface area contributed by atoms with E-state index >= 15 is 0 Å². The fourth-order valence-electron chi connectivity index (χ4n) is 3.41. The molecule has 0 saturated carbocycles. The average Bonchev–Trinajstić information content (AvgIpc) is 3.28. The zero-order valence-corrected chi connectivity index (χ0v) is 18.3. The Hall–Kier alpha value is -2.90. The van der Waals surface area contributed by atoms with Crippen molar-refractivity contribution in [2.24, 2.45) is 0 Å². The molecule has 1 heterocycles. The van der Waals surface area contributed by atoms with E-state index in [9.17, 15) is 10.2 Å². The fraction of sp³-hybridized carbons (Fsp3) is 0.192. The molecule has 3 N–H and O–H groups in total. The second-order valence-electron chi connectivity index (χ2n) is 7.51. The highest BCUT2D eigenvalue weighted by atomic mass is 32.2. The van der Waals surface area contributed by atoms with Crippen molar-refractivity contribution in [3.63, 3.8) is 0 Å². The normalized spacial score (nSPS) is 13.1. The third-order valence-electron chi connectivity index (χ3n) is 5.13. The maximum atomic E-state index is 10.5. The number of hydrogen-bond donors (Lipinski definition) is 3. The fourth-order valence-corrected chi connectivity index (χ4v) is 4.18. The number of aliphatic hydroxyl groups excluding tert-OH is 3. The van der Waals surface area contributed by atoms with E-state index in [4.69, 9.17) is 9.52 Å². The minimum Gasteiger partial charge on any atom is -0.431 e. The number of aromatic nitrogens is 1. The molecule has 0 bridgehead atoms. The summed E-state index contributed by atoms with van der Waals surface area (Å²) in [4.78, 5) is 4.68. The molecule has 0 unspecified atom stereocenters. The maximum Gasteiger partial charge on any atom is 0.256 e. The van der Waals surface area contributed by atoms with E-state index in [-0.39, 0.29) is 13.0 Å². The van der Waals surface area contributed by atoms with Crippen LogP contribution in [0.4, 0.5) is 0 Å². The van der Waals surface area contributed by atoms with Crippen LogP contribution < -0.4 is 0 Å². The van der Waals surface area contributed by atoms with Gasteiger partial charge in [-0.1, -0.05) is 96.7 Å². The summed E-state index contributed by atoms with van der Waals surface area (Å²) in [5.74, 6) is 1.03. The third-order valence-corrected chi connectivity index (χ3v) is 6.11. The molecule has 0 aliphatic rings. The van der Waals surface area contributed by atoms with Gasteiger partial charge < -0.3 is 19.7 Å². The maximum absolute atomic E-state index is 10.5. The molecule has 2 atom stereocenters. The zero-order chi connectivity index (χ0) is 22.3. The summed E-state index contributed by atoms with van der Waals surface area (Å²) in [5.41, 5.74) is 4.15. The summed E-state index contributed by atoms with van der Waals surface area (Å²) in [7, 11) is 0. The van der Waals surface area contributed by atoms with Gasteiger partial charge in [0.1, 0.15) is 5.69 Å². The van der Waals surface area contributed by atoms with Gasteiger partial charge in [-0.25, -0.2) is 4.98 Å². The second-order valence-corrected chi connectivity index (χ2v) is 8.48. The molecule has 1 aromatic heterocycles. The van der Waals surface area contributed by atoms with E-state index in [0.29, 0.717) is 22.3 Å². The van der Waals surface area contributed by atoms with Crippen LogP contribution in [-0.4, -0.2) is 32.2 Å². The van der Waals surface area contributed by atoms with Crippen molar-refractivity contribution in [2.45, 2.75) is 30.5 Å². The van der Waals surface area contributed by atoms with Crippen LogP contribution in [0.25, 0.3) is 22.6 Å². The van der Waals surface area contributed by atoms with Crippen LogP contribution in [0.5, 0.6) is 0 Å². The summed E-state index contributed by atoms with van der Waals surface area (Å²) in [6.07, 6.45) is -1.33. The quantitative estimate of drug-likeness (QED) is 0.310. The first kappa shape index (κ1) is 22.3. The van der Waals surface area contributed by atoms with E-state index in [0.717, 1.165) is 22.4 Å². The van der Waals surface area contributed by atoms with Crippen LogP contribution in [-0.2, 0) is 6.61 Å². The zero-order valence-electron chi connectivity index (χ0n) is 17.5. The van der Waals surface area contributed by atoms with Crippen LogP contribution in [0, 0.1) is 0 Å². The summed E-state index contributed by atoms with van der Waals surface area (Å²) < 4.78 is 6.08. The highest BCUT2D eigenvalue weighted by Gasteiger charge is 2.19. The molecule has 3 aromatic carbocycles. The molecule has 164 valence electrons. The lowest BCUT2D eigenvalue weighted by molar-refractivity contribution is 0.0929. The molecular formula is C26H25NO4S. The van der Waals surface area contributed by atoms with E-state index in [1.54, 1.807) is 24.3 Å². The second kappa shape index (κ2) is 10.6. The minimum absolute atomic E-state index is 0.0400. The number of aliphatic hydroxyl groups is 3. The van der Waals surface area contributed by atoms with Crippen LogP contribution in [0.2, 0.25) is 0 Å². The Morgan fingerprint density at radius 2 is 1.44 bits per heavy atom. The predicted molar refractivity (Wildman–Crippen MR) is 126 cm³/mol. The molecule has 0 fully saturated rings. The van der Waals surface area contributed by atoms with Gasteiger partial charge in [-0.2, -0.15) is 0 Å². The Bertz CT molecular complexity index is 1060. The van der Waals surface area contributed by atoms with E-state index < -0.39 is 12.2 Å². The molecule has 0 radical (unpaired) electrons. The van der Waals surface area contributed by atoms with Gasteiger partial charge in [0.2, 0.25) is 0 Å². The average molecular weight is 448 g/mol. The predicted octanol–water partition coefficient (Wildman–Crippen LogP) is 5.08. The Morgan fingerprint density at radius 1 is 0.812 bits per heavy atom. The first-order valence-electron chi connectivity index (χ1n) is 10.4. The monoisotopic (exact) mass is 447 g/mol. The van der Waals surface area contributed by atoms with Gasteiger partial charge in [-0.15, -0.1) is 0 Å². The standard InChI is InChI=1S/C26H25NO4S/c28-16-18-11-13-19(14-12-18)23(30)15-22(29)17-32-26-27-24(20-7-3-1-4-8-20)25(31-26)21-9-5-2-6-10-21/h1-14,22-23,28-30H,15-17H2/t22-,23+/m0/s1. The van der Waals surface area contributed by atoms with Crippen molar-refractivity contribution in [1.82, 2.24) is 4.98 Å². The summed E-state index contributed by atoms with van der Waals surface area (Å²) in [6.45, 7) is -0.0400. The lowest BCUT2D eigenvalue weighted by Gasteiger charge is -2.15. The smallest absolute Gasteiger partial charge is 0.256 e. The molecule has 32 heavy (non-hydrogen) atoms. The van der Waals surface area contributed by atoms with Crippen molar-refractivity contribution in [3.05, 3.63) is 96.1 Å². The molecule has 0 spiro atoms. The number of thioether (sulfide) groups is 1. The summed E-state index contributed by atoms with van der Waals surface area (Å²) in [6, 6.07) is 26.8. The SMILES string of the molecule is OCc1ccc([C@H](O)C[C@H](O)CSc2nc(-c3ccccc3)c(-c3ccccc3)o2)cc1. The van der Waals surface area contributed by atoms with Crippen molar-refractivity contribution < 1.29 is 19.7 Å².